The van der Waals surface area contributed by atoms with Crippen molar-refractivity contribution in [1.29, 1.82) is 0 Å². The van der Waals surface area contributed by atoms with E-state index in [1.165, 1.54) is 6.21 Å². The zero-order valence-electron chi connectivity index (χ0n) is 15.8. The van der Waals surface area contributed by atoms with E-state index in [9.17, 15) is 9.90 Å². The molecule has 0 bridgehead atoms. The van der Waals surface area contributed by atoms with Crippen LogP contribution in [0.2, 0.25) is 0 Å². The summed E-state index contributed by atoms with van der Waals surface area (Å²) in [6, 6.07) is 23.2. The molecule has 28 heavy (non-hydrogen) atoms. The molecule has 0 aliphatic heterocycles. The highest BCUT2D eigenvalue weighted by Crippen LogP contribution is 2.29. The molecule has 5 nitrogen and oxygen atoms in total. The molecular formula is C23H22N2O3. The molecule has 0 aromatic heterocycles. The Bertz CT molecular complexity index is 930. The maximum Gasteiger partial charge on any atom is 0.281 e. The lowest BCUT2D eigenvalue weighted by Gasteiger charge is -2.27. The third-order valence-corrected chi connectivity index (χ3v) is 4.51. The molecule has 0 aliphatic carbocycles. The zero-order chi connectivity index (χ0) is 20.0. The molecule has 5 heteroatoms. The molecule has 0 fully saturated rings. The highest BCUT2D eigenvalue weighted by molar-refractivity contribution is 5.91. The normalized spacial score (nSPS) is 11.4. The molecule has 0 spiro atoms. The molecule has 0 saturated carbocycles. The average Bonchev–Trinajstić information content (AvgIpc) is 2.74. The van der Waals surface area contributed by atoms with E-state index < -0.39 is 11.5 Å². The van der Waals surface area contributed by atoms with Gasteiger partial charge in [-0.1, -0.05) is 60.7 Å². The van der Waals surface area contributed by atoms with Crippen molar-refractivity contribution in [3.63, 3.8) is 0 Å². The number of aryl methyl sites for hydroxylation is 1. The number of hydrogen-bond acceptors (Lipinski definition) is 4. The second kappa shape index (κ2) is 8.50. The van der Waals surface area contributed by atoms with Gasteiger partial charge >= 0.3 is 0 Å². The average molecular weight is 374 g/mol. The number of carbonyl (C=O) groups is 1. The van der Waals surface area contributed by atoms with Crippen LogP contribution in [0.15, 0.2) is 84.0 Å². The molecule has 3 aromatic rings. The highest BCUT2D eigenvalue weighted by Gasteiger charge is 2.39. The second-order valence-corrected chi connectivity index (χ2v) is 6.37. The van der Waals surface area contributed by atoms with Gasteiger partial charge in [-0.15, -0.1) is 0 Å². The lowest BCUT2D eigenvalue weighted by atomic mass is 9.85. The predicted octanol–water partition coefficient (Wildman–Crippen LogP) is 3.39. The first kappa shape index (κ1) is 19.3. The molecular weight excluding hydrogens is 352 g/mol. The van der Waals surface area contributed by atoms with Crippen LogP contribution in [0.5, 0.6) is 5.75 Å². The summed E-state index contributed by atoms with van der Waals surface area (Å²) in [6.45, 7) is 1.93. The van der Waals surface area contributed by atoms with E-state index in [-0.39, 0.29) is 0 Å². The van der Waals surface area contributed by atoms with Crippen molar-refractivity contribution in [3.05, 3.63) is 101 Å². The Balaban J connectivity index is 1.86. The van der Waals surface area contributed by atoms with E-state index in [4.69, 9.17) is 4.74 Å². The van der Waals surface area contributed by atoms with Gasteiger partial charge in [-0.3, -0.25) is 4.79 Å². The summed E-state index contributed by atoms with van der Waals surface area (Å²) in [7, 11) is 1.62. The van der Waals surface area contributed by atoms with Crippen molar-refractivity contribution in [1.82, 2.24) is 5.43 Å². The summed E-state index contributed by atoms with van der Waals surface area (Å²) >= 11 is 0. The number of benzene rings is 3. The van der Waals surface area contributed by atoms with Crippen molar-refractivity contribution in [3.8, 4) is 5.75 Å². The Labute approximate surface area is 164 Å². The molecule has 3 rings (SSSR count). The lowest BCUT2D eigenvalue weighted by molar-refractivity contribution is -0.136. The monoisotopic (exact) mass is 374 g/mol. The fourth-order valence-corrected chi connectivity index (χ4v) is 3.02. The molecule has 0 saturated heterocycles. The number of aliphatic hydroxyl groups is 1. The minimum Gasteiger partial charge on any atom is -0.496 e. The molecule has 3 aromatic carbocycles. The van der Waals surface area contributed by atoms with Gasteiger partial charge < -0.3 is 9.84 Å². The number of carbonyl (C=O) groups excluding carboxylic acids is 1. The Morgan fingerprint density at radius 3 is 2.07 bits per heavy atom. The molecule has 0 heterocycles. The summed E-state index contributed by atoms with van der Waals surface area (Å²) in [6.07, 6.45) is 1.53. The number of ether oxygens (including phenoxy) is 1. The van der Waals surface area contributed by atoms with Gasteiger partial charge in [0.25, 0.3) is 5.91 Å². The van der Waals surface area contributed by atoms with E-state index in [1.807, 2.05) is 37.3 Å². The first-order chi connectivity index (χ1) is 13.6. The zero-order valence-corrected chi connectivity index (χ0v) is 15.8. The Hall–Kier alpha value is -3.44. The van der Waals surface area contributed by atoms with Crippen LogP contribution in [-0.4, -0.2) is 24.3 Å². The Morgan fingerprint density at radius 2 is 1.57 bits per heavy atom. The van der Waals surface area contributed by atoms with Gasteiger partial charge in [-0.2, -0.15) is 5.10 Å². The van der Waals surface area contributed by atoms with Gasteiger partial charge in [-0.05, 0) is 47.4 Å². The largest absolute Gasteiger partial charge is 0.496 e. The van der Waals surface area contributed by atoms with E-state index in [2.05, 4.69) is 10.5 Å². The minimum atomic E-state index is -1.85. The van der Waals surface area contributed by atoms with Crippen molar-refractivity contribution in [2.45, 2.75) is 12.5 Å². The molecule has 142 valence electrons. The van der Waals surface area contributed by atoms with Gasteiger partial charge in [0.05, 0.1) is 13.3 Å². The number of nitrogens with one attached hydrogen (secondary N) is 1. The van der Waals surface area contributed by atoms with Crippen LogP contribution in [0.25, 0.3) is 0 Å². The van der Waals surface area contributed by atoms with Gasteiger partial charge in [0.15, 0.2) is 5.60 Å². The first-order valence-electron chi connectivity index (χ1n) is 8.87. The van der Waals surface area contributed by atoms with Crippen molar-refractivity contribution < 1.29 is 14.6 Å². The van der Waals surface area contributed by atoms with Crippen LogP contribution in [0.1, 0.15) is 22.3 Å². The van der Waals surface area contributed by atoms with Crippen LogP contribution < -0.4 is 10.2 Å². The topological polar surface area (TPSA) is 70.9 Å². The van der Waals surface area contributed by atoms with E-state index in [0.29, 0.717) is 11.1 Å². The first-order valence-corrected chi connectivity index (χ1v) is 8.87. The number of methoxy groups -OCH3 is 1. The van der Waals surface area contributed by atoms with Crippen molar-refractivity contribution in [2.24, 2.45) is 5.10 Å². The smallest absolute Gasteiger partial charge is 0.281 e. The molecule has 0 radical (unpaired) electrons. The number of hydrogen-bond donors (Lipinski definition) is 2. The number of rotatable bonds is 6. The number of amides is 1. The quantitative estimate of drug-likeness (QED) is 0.513. The number of hydrazone groups is 1. The van der Waals surface area contributed by atoms with E-state index >= 15 is 0 Å². The molecule has 1 amide bonds. The summed E-state index contributed by atoms with van der Waals surface area (Å²) in [5.74, 6) is 0.148. The summed E-state index contributed by atoms with van der Waals surface area (Å²) < 4.78 is 5.24. The van der Waals surface area contributed by atoms with Crippen LogP contribution in [0.3, 0.4) is 0 Å². The van der Waals surface area contributed by atoms with Crippen molar-refractivity contribution in [2.75, 3.05) is 7.11 Å². The molecule has 0 aliphatic rings. The van der Waals surface area contributed by atoms with Crippen LogP contribution >= 0.6 is 0 Å². The Kier molecular flexibility index (Phi) is 5.87. The Morgan fingerprint density at radius 1 is 1.00 bits per heavy atom. The standard InChI is InChI=1S/C23H22N2O3/c1-17-15-18(13-14-21(17)28-2)16-24-25-22(26)23(27,19-9-5-3-6-10-19)20-11-7-4-8-12-20/h3-16,27H,1-2H3,(H,25,26)/b24-16-. The van der Waals surface area contributed by atoms with E-state index in [0.717, 1.165) is 16.9 Å². The SMILES string of the molecule is COc1ccc(/C=N\NC(=O)C(O)(c2ccccc2)c2ccccc2)cc1C. The van der Waals surface area contributed by atoms with Gasteiger partial charge in [0.1, 0.15) is 5.75 Å². The van der Waals surface area contributed by atoms with Gasteiger partial charge in [-0.25, -0.2) is 5.43 Å². The summed E-state index contributed by atoms with van der Waals surface area (Å²) in [4.78, 5) is 12.9. The third-order valence-electron chi connectivity index (χ3n) is 4.51. The predicted molar refractivity (Wildman–Crippen MR) is 109 cm³/mol. The van der Waals surface area contributed by atoms with Gasteiger partial charge in [0, 0.05) is 0 Å². The molecule has 0 unspecified atom stereocenters. The second-order valence-electron chi connectivity index (χ2n) is 6.37. The van der Waals surface area contributed by atoms with Crippen LogP contribution in [0, 0.1) is 6.92 Å². The summed E-state index contributed by atoms with van der Waals surface area (Å²) in [5.41, 5.74) is 3.32. The van der Waals surface area contributed by atoms with Gasteiger partial charge in [0.2, 0.25) is 0 Å². The van der Waals surface area contributed by atoms with Crippen molar-refractivity contribution >= 4 is 12.1 Å². The molecule has 2 N–H and O–H groups in total. The highest BCUT2D eigenvalue weighted by atomic mass is 16.5. The lowest BCUT2D eigenvalue weighted by Crippen LogP contribution is -2.43. The maximum atomic E-state index is 12.9. The van der Waals surface area contributed by atoms with E-state index in [1.54, 1.807) is 55.6 Å². The maximum absolute atomic E-state index is 12.9. The fraction of sp³-hybridized carbons (Fsp3) is 0.130. The number of nitrogens with zero attached hydrogens (tertiary/aromatic N) is 1. The van der Waals surface area contributed by atoms with Crippen LogP contribution in [0.4, 0.5) is 0 Å². The fourth-order valence-electron chi connectivity index (χ4n) is 3.02. The summed E-state index contributed by atoms with van der Waals surface area (Å²) in [5, 5.41) is 15.4. The third kappa shape index (κ3) is 3.94. The molecule has 0 atom stereocenters. The van der Waals surface area contributed by atoms with Crippen LogP contribution in [-0.2, 0) is 10.4 Å². The minimum absolute atomic E-state index is 0.467.